The first-order valence-corrected chi connectivity index (χ1v) is 14.0. The minimum absolute atomic E-state index is 0.117. The number of halogens is 1. The lowest BCUT2D eigenvalue weighted by Crippen LogP contribution is -2.38. The number of aryl methyl sites for hydroxylation is 1. The third kappa shape index (κ3) is 6.45. The summed E-state index contributed by atoms with van der Waals surface area (Å²) in [6.07, 6.45) is -0.454. The molecule has 2 rings (SSSR count). The number of fused-ring (bicyclic) bond motifs is 1. The van der Waals surface area contributed by atoms with Crippen LogP contribution in [0.1, 0.15) is 26.3 Å². The predicted molar refractivity (Wildman–Crippen MR) is 117 cm³/mol. The Labute approximate surface area is 171 Å². The van der Waals surface area contributed by atoms with Gasteiger partial charge in [-0.25, -0.2) is 9.78 Å². The van der Waals surface area contributed by atoms with E-state index in [-0.39, 0.29) is 6.73 Å². The molecule has 5 nitrogen and oxygen atoms in total. The molecule has 0 saturated heterocycles. The molecule has 2 aromatic heterocycles. The van der Waals surface area contributed by atoms with Gasteiger partial charge in [0, 0.05) is 20.7 Å². The molecule has 0 bridgehead atoms. The van der Waals surface area contributed by atoms with Gasteiger partial charge < -0.3 is 9.47 Å². The Kier molecular flexibility index (Phi) is 6.94. The molecule has 8 heteroatoms. The Morgan fingerprint density at radius 3 is 2.59 bits per heavy atom. The van der Waals surface area contributed by atoms with Crippen molar-refractivity contribution in [3.05, 3.63) is 22.2 Å². The average molecular weight is 429 g/mol. The number of carbonyl (C=O) groups is 1. The number of anilines is 1. The molecular formula is C19H29ClN2O3SSi. The van der Waals surface area contributed by atoms with Crippen molar-refractivity contribution < 1.29 is 14.3 Å². The maximum Gasteiger partial charge on any atom is 0.416 e. The van der Waals surface area contributed by atoms with Crippen LogP contribution in [0.5, 0.6) is 0 Å². The number of hydrogen-bond acceptors (Lipinski definition) is 5. The number of hydrogen-bond donors (Lipinski definition) is 0. The lowest BCUT2D eigenvalue weighted by molar-refractivity contribution is 0.0501. The van der Waals surface area contributed by atoms with Gasteiger partial charge >= 0.3 is 6.09 Å². The van der Waals surface area contributed by atoms with Gasteiger partial charge in [-0.3, -0.25) is 4.90 Å². The number of pyridine rings is 1. The molecule has 2 heterocycles. The van der Waals surface area contributed by atoms with E-state index in [1.807, 2.05) is 33.1 Å². The molecule has 0 aliphatic carbocycles. The second kappa shape index (κ2) is 8.47. The first kappa shape index (κ1) is 22.1. The highest BCUT2D eigenvalue weighted by Gasteiger charge is 2.26. The van der Waals surface area contributed by atoms with Crippen molar-refractivity contribution in [2.45, 2.75) is 59.0 Å². The van der Waals surface area contributed by atoms with Crippen LogP contribution in [0.4, 0.5) is 10.5 Å². The number of thiophene rings is 1. The topological polar surface area (TPSA) is 51.7 Å². The molecule has 0 radical (unpaired) electrons. The summed E-state index contributed by atoms with van der Waals surface area (Å²) < 4.78 is 12.4. The van der Waals surface area contributed by atoms with Gasteiger partial charge in [-0.15, -0.1) is 11.3 Å². The predicted octanol–water partition coefficient (Wildman–Crippen LogP) is 6.31. The molecule has 0 aromatic carbocycles. The van der Waals surface area contributed by atoms with Crippen molar-refractivity contribution in [3.8, 4) is 0 Å². The SMILES string of the molecule is Cc1csc2c(N(COCC[Si](C)(C)C)C(=O)OC(C)(C)C)cc(Cl)nc12. The summed E-state index contributed by atoms with van der Waals surface area (Å²) in [5.74, 6) is 0. The lowest BCUT2D eigenvalue weighted by Gasteiger charge is -2.28. The maximum atomic E-state index is 12.9. The summed E-state index contributed by atoms with van der Waals surface area (Å²) in [4.78, 5) is 18.8. The largest absolute Gasteiger partial charge is 0.443 e. The highest BCUT2D eigenvalue weighted by molar-refractivity contribution is 7.18. The second-order valence-corrected chi connectivity index (χ2v) is 15.7. The van der Waals surface area contributed by atoms with Crippen LogP contribution in [-0.4, -0.2) is 38.1 Å². The molecule has 0 fully saturated rings. The number of carbonyl (C=O) groups excluding carboxylic acids is 1. The van der Waals surface area contributed by atoms with Crippen LogP contribution in [0.2, 0.25) is 30.8 Å². The van der Waals surface area contributed by atoms with Crippen LogP contribution in [-0.2, 0) is 9.47 Å². The van der Waals surface area contributed by atoms with Crippen molar-refractivity contribution in [1.82, 2.24) is 4.98 Å². The van der Waals surface area contributed by atoms with Crippen LogP contribution >= 0.6 is 22.9 Å². The Bertz CT molecular complexity index is 812. The van der Waals surface area contributed by atoms with Crippen LogP contribution in [0.3, 0.4) is 0 Å². The summed E-state index contributed by atoms with van der Waals surface area (Å²) in [6.45, 7) is 15.1. The van der Waals surface area contributed by atoms with E-state index < -0.39 is 19.8 Å². The van der Waals surface area contributed by atoms with Crippen molar-refractivity contribution in [2.75, 3.05) is 18.2 Å². The molecule has 0 N–H and O–H groups in total. The average Bonchev–Trinajstić information content (AvgIpc) is 2.85. The molecule has 1 amide bonds. The van der Waals surface area contributed by atoms with E-state index >= 15 is 0 Å². The minimum Gasteiger partial charge on any atom is -0.443 e. The maximum absolute atomic E-state index is 12.9. The number of aromatic nitrogens is 1. The molecule has 150 valence electrons. The summed E-state index contributed by atoms with van der Waals surface area (Å²) in [7, 11) is -1.21. The smallest absolute Gasteiger partial charge is 0.416 e. The summed E-state index contributed by atoms with van der Waals surface area (Å²) >= 11 is 7.77. The Morgan fingerprint density at radius 1 is 1.33 bits per heavy atom. The van der Waals surface area contributed by atoms with Gasteiger partial charge in [0.1, 0.15) is 17.5 Å². The number of ether oxygens (including phenoxy) is 2. The summed E-state index contributed by atoms with van der Waals surface area (Å²) in [5.41, 5.74) is 1.90. The molecule has 0 aliphatic heterocycles. The van der Waals surface area contributed by atoms with E-state index in [0.29, 0.717) is 17.4 Å². The third-order valence-corrected chi connectivity index (χ3v) is 6.78. The van der Waals surface area contributed by atoms with Crippen LogP contribution < -0.4 is 4.90 Å². The van der Waals surface area contributed by atoms with Crippen molar-refractivity contribution >= 4 is 53.0 Å². The van der Waals surface area contributed by atoms with Crippen molar-refractivity contribution in [2.24, 2.45) is 0 Å². The van der Waals surface area contributed by atoms with Crippen molar-refractivity contribution in [3.63, 3.8) is 0 Å². The quantitative estimate of drug-likeness (QED) is 0.234. The molecule has 2 aromatic rings. The zero-order valence-corrected chi connectivity index (χ0v) is 19.8. The standard InChI is InChI=1S/C19H29ClN2O3SSi/c1-13-11-26-17-14(10-15(20)21-16(13)17)22(18(23)25-19(2,3)4)12-24-8-9-27(5,6)7/h10-11H,8-9,12H2,1-7H3. The normalized spacial score (nSPS) is 12.4. The van der Waals surface area contributed by atoms with E-state index in [1.54, 1.807) is 6.07 Å². The van der Waals surface area contributed by atoms with E-state index in [4.69, 9.17) is 21.1 Å². The highest BCUT2D eigenvalue weighted by Crippen LogP contribution is 2.35. The van der Waals surface area contributed by atoms with Gasteiger partial charge in [-0.05, 0) is 44.7 Å². The van der Waals surface area contributed by atoms with Gasteiger partial charge in [0.05, 0.1) is 15.9 Å². The van der Waals surface area contributed by atoms with E-state index in [2.05, 4.69) is 24.6 Å². The molecular weight excluding hydrogens is 400 g/mol. The van der Waals surface area contributed by atoms with E-state index in [1.165, 1.54) is 16.2 Å². The van der Waals surface area contributed by atoms with Crippen LogP contribution in [0, 0.1) is 6.92 Å². The molecule has 0 unspecified atom stereocenters. The number of nitrogens with zero attached hydrogens (tertiary/aromatic N) is 2. The zero-order chi connectivity index (χ0) is 20.4. The first-order valence-electron chi connectivity index (χ1n) is 9.00. The molecule has 0 aliphatic rings. The van der Waals surface area contributed by atoms with Gasteiger partial charge in [-0.1, -0.05) is 31.2 Å². The van der Waals surface area contributed by atoms with Crippen LogP contribution in [0.15, 0.2) is 11.4 Å². The molecule has 27 heavy (non-hydrogen) atoms. The number of rotatable bonds is 6. The van der Waals surface area contributed by atoms with E-state index in [9.17, 15) is 4.79 Å². The third-order valence-electron chi connectivity index (χ3n) is 3.77. The molecule has 0 spiro atoms. The highest BCUT2D eigenvalue weighted by atomic mass is 35.5. The fraction of sp³-hybridized carbons (Fsp3) is 0.579. The fourth-order valence-corrected chi connectivity index (χ4v) is 4.31. The van der Waals surface area contributed by atoms with Crippen LogP contribution in [0.25, 0.3) is 10.2 Å². The molecule has 0 saturated carbocycles. The minimum atomic E-state index is -1.21. The molecule has 0 atom stereocenters. The Balaban J connectivity index is 2.33. The van der Waals surface area contributed by atoms with Gasteiger partial charge in [0.15, 0.2) is 0 Å². The van der Waals surface area contributed by atoms with Gasteiger partial charge in [-0.2, -0.15) is 0 Å². The fourth-order valence-electron chi connectivity index (χ4n) is 2.35. The number of amides is 1. The van der Waals surface area contributed by atoms with Gasteiger partial charge in [0.2, 0.25) is 0 Å². The monoisotopic (exact) mass is 428 g/mol. The summed E-state index contributed by atoms with van der Waals surface area (Å²) in [6, 6.07) is 2.73. The second-order valence-electron chi connectivity index (χ2n) is 8.82. The van der Waals surface area contributed by atoms with E-state index in [0.717, 1.165) is 21.8 Å². The zero-order valence-electron chi connectivity index (χ0n) is 17.2. The summed E-state index contributed by atoms with van der Waals surface area (Å²) in [5, 5.41) is 2.35. The Hall–Kier alpha value is -1.15. The first-order chi connectivity index (χ1) is 12.4. The van der Waals surface area contributed by atoms with Gasteiger partial charge in [0.25, 0.3) is 0 Å². The van der Waals surface area contributed by atoms with Crippen molar-refractivity contribution in [1.29, 1.82) is 0 Å². The Morgan fingerprint density at radius 2 is 2.00 bits per heavy atom. The lowest BCUT2D eigenvalue weighted by atomic mass is 10.2.